The monoisotopic (exact) mass is 166 g/mol. The third-order valence-corrected chi connectivity index (χ3v) is 2.45. The molecule has 0 bridgehead atoms. The van der Waals surface area contributed by atoms with Crippen LogP contribution in [0.15, 0.2) is 0 Å². The molecule has 1 atom stereocenters. The van der Waals surface area contributed by atoms with E-state index in [4.69, 9.17) is 0 Å². The molecule has 12 heavy (non-hydrogen) atoms. The highest BCUT2D eigenvalue weighted by Crippen LogP contribution is 2.22. The van der Waals surface area contributed by atoms with Gasteiger partial charge in [0, 0.05) is 5.92 Å². The molecule has 1 N–H and O–H groups in total. The van der Waals surface area contributed by atoms with E-state index in [-0.39, 0.29) is 0 Å². The lowest BCUT2D eigenvalue weighted by Gasteiger charge is -2.15. The van der Waals surface area contributed by atoms with Gasteiger partial charge in [0.25, 0.3) is 0 Å². The molecule has 1 fully saturated rings. The van der Waals surface area contributed by atoms with Crippen molar-refractivity contribution in [1.82, 2.24) is 0 Å². The molecule has 0 aromatic heterocycles. The molecule has 0 saturated heterocycles. The van der Waals surface area contributed by atoms with Gasteiger partial charge in [0.1, 0.15) is 6.10 Å². The van der Waals surface area contributed by atoms with Crippen LogP contribution in [0, 0.1) is 17.8 Å². The lowest BCUT2D eigenvalue weighted by Crippen LogP contribution is -2.05. The van der Waals surface area contributed by atoms with Gasteiger partial charge in [0.15, 0.2) is 0 Å². The zero-order valence-corrected chi connectivity index (χ0v) is 7.84. The Morgan fingerprint density at radius 1 is 1.33 bits per heavy atom. The van der Waals surface area contributed by atoms with Crippen molar-refractivity contribution in [3.8, 4) is 11.8 Å². The second-order valence-corrected chi connectivity index (χ2v) is 3.55. The maximum atomic E-state index is 9.21. The number of aliphatic hydroxyl groups is 1. The van der Waals surface area contributed by atoms with Gasteiger partial charge in [-0.25, -0.2) is 0 Å². The van der Waals surface area contributed by atoms with Crippen molar-refractivity contribution < 1.29 is 5.11 Å². The van der Waals surface area contributed by atoms with Crippen molar-refractivity contribution in [2.75, 3.05) is 0 Å². The Hall–Kier alpha value is -0.480. The van der Waals surface area contributed by atoms with Crippen LogP contribution in [0.3, 0.4) is 0 Å². The first kappa shape index (κ1) is 9.61. The SMILES string of the molecule is CCC(O)C#CC1CCCCC1. The van der Waals surface area contributed by atoms with Crippen molar-refractivity contribution in [2.24, 2.45) is 5.92 Å². The van der Waals surface area contributed by atoms with Gasteiger partial charge in [-0.15, -0.1) is 0 Å². The van der Waals surface area contributed by atoms with Crippen LogP contribution < -0.4 is 0 Å². The van der Waals surface area contributed by atoms with Crippen LogP contribution >= 0.6 is 0 Å². The Bertz CT molecular complexity index is 169. The van der Waals surface area contributed by atoms with E-state index in [1.165, 1.54) is 32.1 Å². The summed E-state index contributed by atoms with van der Waals surface area (Å²) in [5.41, 5.74) is 0. The minimum absolute atomic E-state index is 0.396. The average molecular weight is 166 g/mol. The maximum Gasteiger partial charge on any atom is 0.114 e. The second-order valence-electron chi connectivity index (χ2n) is 3.55. The fourth-order valence-electron chi connectivity index (χ4n) is 1.56. The summed E-state index contributed by atoms with van der Waals surface area (Å²) in [4.78, 5) is 0. The number of hydrogen-bond acceptors (Lipinski definition) is 1. The van der Waals surface area contributed by atoms with Gasteiger partial charge in [-0.05, 0) is 19.3 Å². The molecule has 1 saturated carbocycles. The first-order valence-electron chi connectivity index (χ1n) is 5.02. The van der Waals surface area contributed by atoms with E-state index in [1.54, 1.807) is 0 Å². The van der Waals surface area contributed by atoms with E-state index in [2.05, 4.69) is 11.8 Å². The van der Waals surface area contributed by atoms with E-state index in [0.29, 0.717) is 5.92 Å². The van der Waals surface area contributed by atoms with Crippen LogP contribution in [-0.4, -0.2) is 11.2 Å². The number of aliphatic hydroxyl groups excluding tert-OH is 1. The van der Waals surface area contributed by atoms with Crippen molar-refractivity contribution >= 4 is 0 Å². The van der Waals surface area contributed by atoms with E-state index in [9.17, 15) is 5.11 Å². The van der Waals surface area contributed by atoms with Crippen LogP contribution in [-0.2, 0) is 0 Å². The maximum absolute atomic E-state index is 9.21. The summed E-state index contributed by atoms with van der Waals surface area (Å²) < 4.78 is 0. The largest absolute Gasteiger partial charge is 0.380 e. The van der Waals surface area contributed by atoms with Crippen molar-refractivity contribution in [1.29, 1.82) is 0 Å². The Kier molecular flexibility index (Phi) is 4.18. The molecule has 1 rings (SSSR count). The van der Waals surface area contributed by atoms with Crippen molar-refractivity contribution in [2.45, 2.75) is 51.6 Å². The molecule has 1 heteroatoms. The third kappa shape index (κ3) is 3.28. The topological polar surface area (TPSA) is 20.2 Å². The van der Waals surface area contributed by atoms with Gasteiger partial charge in [-0.1, -0.05) is 38.0 Å². The summed E-state index contributed by atoms with van der Waals surface area (Å²) in [5.74, 6) is 6.65. The minimum Gasteiger partial charge on any atom is -0.380 e. The van der Waals surface area contributed by atoms with Gasteiger partial charge in [-0.2, -0.15) is 0 Å². The fraction of sp³-hybridized carbons (Fsp3) is 0.818. The minimum atomic E-state index is -0.396. The highest BCUT2D eigenvalue weighted by atomic mass is 16.3. The molecule has 0 radical (unpaired) electrons. The average Bonchev–Trinajstić information content (AvgIpc) is 2.16. The van der Waals surface area contributed by atoms with Gasteiger partial charge >= 0.3 is 0 Å². The van der Waals surface area contributed by atoms with Gasteiger partial charge in [0.05, 0.1) is 0 Å². The molecule has 0 aromatic carbocycles. The molecule has 1 unspecified atom stereocenters. The first-order valence-corrected chi connectivity index (χ1v) is 5.02. The Morgan fingerprint density at radius 2 is 2.00 bits per heavy atom. The Labute approximate surface area is 75.2 Å². The van der Waals surface area contributed by atoms with Gasteiger partial charge in [0.2, 0.25) is 0 Å². The summed E-state index contributed by atoms with van der Waals surface area (Å²) in [5, 5.41) is 9.21. The first-order chi connectivity index (χ1) is 5.83. The van der Waals surface area contributed by atoms with E-state index in [0.717, 1.165) is 6.42 Å². The van der Waals surface area contributed by atoms with Gasteiger partial charge in [-0.3, -0.25) is 0 Å². The molecular formula is C11H18O. The highest BCUT2D eigenvalue weighted by Gasteiger charge is 2.09. The molecule has 68 valence electrons. The fourth-order valence-corrected chi connectivity index (χ4v) is 1.56. The Balaban J connectivity index is 2.30. The number of hydrogen-bond donors (Lipinski definition) is 1. The molecule has 0 spiro atoms. The molecular weight excluding hydrogens is 148 g/mol. The summed E-state index contributed by atoms with van der Waals surface area (Å²) in [6.07, 6.45) is 6.84. The van der Waals surface area contributed by atoms with Crippen molar-refractivity contribution in [3.05, 3.63) is 0 Å². The zero-order valence-electron chi connectivity index (χ0n) is 7.84. The van der Waals surface area contributed by atoms with Crippen LogP contribution in [0.25, 0.3) is 0 Å². The third-order valence-electron chi connectivity index (χ3n) is 2.45. The normalized spacial score (nSPS) is 21.2. The molecule has 0 aliphatic heterocycles. The Morgan fingerprint density at radius 3 is 2.58 bits per heavy atom. The molecule has 1 nitrogen and oxygen atoms in total. The lowest BCUT2D eigenvalue weighted by atomic mass is 9.90. The van der Waals surface area contributed by atoms with Crippen LogP contribution in [0.4, 0.5) is 0 Å². The quantitative estimate of drug-likeness (QED) is 0.593. The predicted molar refractivity (Wildman–Crippen MR) is 50.6 cm³/mol. The molecule has 0 aromatic rings. The predicted octanol–water partition coefficient (Wildman–Crippen LogP) is 2.34. The number of rotatable bonds is 1. The zero-order chi connectivity index (χ0) is 8.81. The smallest absolute Gasteiger partial charge is 0.114 e. The van der Waals surface area contributed by atoms with Gasteiger partial charge < -0.3 is 5.11 Å². The molecule has 0 amide bonds. The molecule has 0 heterocycles. The summed E-state index contributed by atoms with van der Waals surface area (Å²) >= 11 is 0. The lowest BCUT2D eigenvalue weighted by molar-refractivity contribution is 0.228. The van der Waals surface area contributed by atoms with E-state index < -0.39 is 6.10 Å². The van der Waals surface area contributed by atoms with Crippen molar-refractivity contribution in [3.63, 3.8) is 0 Å². The van der Waals surface area contributed by atoms with E-state index >= 15 is 0 Å². The van der Waals surface area contributed by atoms with Crippen LogP contribution in [0.5, 0.6) is 0 Å². The summed E-state index contributed by atoms with van der Waals surface area (Å²) in [6.45, 7) is 1.96. The van der Waals surface area contributed by atoms with Crippen LogP contribution in [0.2, 0.25) is 0 Å². The standard InChI is InChI=1S/C11H18O/c1-2-11(12)9-8-10-6-4-3-5-7-10/h10-12H,2-7H2,1H3. The van der Waals surface area contributed by atoms with E-state index in [1.807, 2.05) is 6.92 Å². The highest BCUT2D eigenvalue weighted by molar-refractivity contribution is 5.08. The second kappa shape index (κ2) is 5.22. The summed E-state index contributed by atoms with van der Waals surface area (Å²) in [7, 11) is 0. The molecule has 1 aliphatic rings. The summed E-state index contributed by atoms with van der Waals surface area (Å²) in [6, 6.07) is 0. The molecule has 1 aliphatic carbocycles. The van der Waals surface area contributed by atoms with Crippen LogP contribution in [0.1, 0.15) is 45.4 Å².